The Bertz CT molecular complexity index is 460. The van der Waals surface area contributed by atoms with Crippen molar-refractivity contribution >= 4 is 11.9 Å². The number of benzene rings is 1. The maximum atomic E-state index is 5.82. The lowest BCUT2D eigenvalue weighted by Gasteiger charge is -2.06. The summed E-state index contributed by atoms with van der Waals surface area (Å²) in [5.74, 6) is 1.01. The number of nitrogens with zero attached hydrogens (tertiary/aromatic N) is 2. The Hall–Kier alpha value is -2.24. The zero-order valence-electron chi connectivity index (χ0n) is 15.0. The summed E-state index contributed by atoms with van der Waals surface area (Å²) in [5, 5.41) is 6.22. The van der Waals surface area contributed by atoms with E-state index in [0.717, 1.165) is 49.9 Å². The average molecular weight is 332 g/mol. The monoisotopic (exact) mass is 332 g/mol. The molecule has 0 aliphatic carbocycles. The predicted molar refractivity (Wildman–Crippen MR) is 103 cm³/mol. The van der Waals surface area contributed by atoms with E-state index in [4.69, 9.17) is 11.5 Å². The molecule has 0 saturated heterocycles. The van der Waals surface area contributed by atoms with Crippen molar-refractivity contribution in [3.8, 4) is 0 Å². The molecule has 0 heterocycles. The molecule has 1 aromatic carbocycles. The van der Waals surface area contributed by atoms with E-state index >= 15 is 0 Å². The molecule has 0 saturated carbocycles. The van der Waals surface area contributed by atoms with Crippen molar-refractivity contribution in [3.05, 3.63) is 35.4 Å². The van der Waals surface area contributed by atoms with Gasteiger partial charge in [-0.3, -0.25) is 0 Å². The Balaban J connectivity index is 2.39. The van der Waals surface area contributed by atoms with Crippen LogP contribution in [-0.2, 0) is 13.1 Å². The van der Waals surface area contributed by atoms with Crippen LogP contribution in [0.5, 0.6) is 0 Å². The van der Waals surface area contributed by atoms with Crippen LogP contribution in [0.4, 0.5) is 0 Å². The molecular weight excluding hydrogens is 300 g/mol. The van der Waals surface area contributed by atoms with Crippen LogP contribution in [0.15, 0.2) is 34.3 Å². The van der Waals surface area contributed by atoms with Crippen LogP contribution in [-0.4, -0.2) is 25.0 Å². The molecule has 6 heteroatoms. The first-order valence-electron chi connectivity index (χ1n) is 8.81. The molecule has 1 aromatic rings. The fraction of sp³-hybridized carbons (Fsp3) is 0.556. The number of hydrogen-bond acceptors (Lipinski definition) is 2. The summed E-state index contributed by atoms with van der Waals surface area (Å²) < 4.78 is 0. The number of nitrogens with two attached hydrogens (primary N) is 2. The first-order valence-corrected chi connectivity index (χ1v) is 8.81. The quantitative estimate of drug-likeness (QED) is 0.299. The van der Waals surface area contributed by atoms with Gasteiger partial charge >= 0.3 is 0 Å². The van der Waals surface area contributed by atoms with Gasteiger partial charge in [0, 0.05) is 13.1 Å². The van der Waals surface area contributed by atoms with Gasteiger partial charge in [0.25, 0.3) is 0 Å². The Labute approximate surface area is 145 Å². The molecule has 134 valence electrons. The standard InChI is InChI=1S/C18H32N6/c1-3-5-11-21-17(19)23-13-15-7-9-16(10-8-15)14-24-18(20)22-12-6-4-2/h7-10H,3-6,11-14H2,1-2H3,(H3,19,21,23)(H3,20,22,24). The van der Waals surface area contributed by atoms with Gasteiger partial charge in [-0.25, -0.2) is 9.98 Å². The fourth-order valence-corrected chi connectivity index (χ4v) is 2.00. The van der Waals surface area contributed by atoms with E-state index in [1.165, 1.54) is 0 Å². The molecule has 0 amide bonds. The van der Waals surface area contributed by atoms with Crippen molar-refractivity contribution in [2.24, 2.45) is 21.5 Å². The second-order valence-corrected chi connectivity index (χ2v) is 5.78. The molecule has 0 aliphatic rings. The molecule has 0 aromatic heterocycles. The molecule has 24 heavy (non-hydrogen) atoms. The third-order valence-corrected chi connectivity index (χ3v) is 3.56. The van der Waals surface area contributed by atoms with E-state index in [-0.39, 0.29) is 0 Å². The molecule has 0 aliphatic heterocycles. The molecule has 6 nitrogen and oxygen atoms in total. The van der Waals surface area contributed by atoms with Gasteiger partial charge in [-0.15, -0.1) is 0 Å². The number of aliphatic imine (C=N–C) groups is 2. The zero-order valence-corrected chi connectivity index (χ0v) is 15.0. The molecule has 6 N–H and O–H groups in total. The van der Waals surface area contributed by atoms with Gasteiger partial charge in [0.1, 0.15) is 0 Å². The first-order chi connectivity index (χ1) is 11.7. The lowest BCUT2D eigenvalue weighted by molar-refractivity contribution is 0.747. The lowest BCUT2D eigenvalue weighted by Crippen LogP contribution is -2.32. The van der Waals surface area contributed by atoms with E-state index in [1.807, 2.05) is 24.3 Å². The van der Waals surface area contributed by atoms with Crippen molar-refractivity contribution in [2.45, 2.75) is 52.6 Å². The van der Waals surface area contributed by atoms with Crippen LogP contribution in [0.25, 0.3) is 0 Å². The molecule has 0 unspecified atom stereocenters. The summed E-state index contributed by atoms with van der Waals surface area (Å²) in [5.41, 5.74) is 13.9. The number of guanidine groups is 2. The van der Waals surface area contributed by atoms with E-state index in [0.29, 0.717) is 25.0 Å². The minimum absolute atomic E-state index is 0.503. The van der Waals surface area contributed by atoms with Crippen molar-refractivity contribution < 1.29 is 0 Å². The summed E-state index contributed by atoms with van der Waals surface area (Å²) in [7, 11) is 0. The Kier molecular flexibility index (Phi) is 10.1. The maximum Gasteiger partial charge on any atom is 0.188 e. The van der Waals surface area contributed by atoms with Gasteiger partial charge in [-0.2, -0.15) is 0 Å². The van der Waals surface area contributed by atoms with Gasteiger partial charge in [0.05, 0.1) is 13.1 Å². The van der Waals surface area contributed by atoms with Crippen LogP contribution < -0.4 is 22.1 Å². The van der Waals surface area contributed by atoms with Crippen molar-refractivity contribution in [3.63, 3.8) is 0 Å². The van der Waals surface area contributed by atoms with Gasteiger partial charge in [0.15, 0.2) is 11.9 Å². The molecular formula is C18H32N6. The minimum atomic E-state index is 0.503. The molecule has 0 radical (unpaired) electrons. The highest BCUT2D eigenvalue weighted by Crippen LogP contribution is 2.06. The SMILES string of the molecule is CCCCNC(N)=NCc1ccc(CN=C(N)NCCCC)cc1. The Morgan fingerprint density at radius 2 is 1.17 bits per heavy atom. The van der Waals surface area contributed by atoms with Gasteiger partial charge < -0.3 is 22.1 Å². The first kappa shape index (κ1) is 19.8. The van der Waals surface area contributed by atoms with E-state index in [2.05, 4.69) is 34.5 Å². The summed E-state index contributed by atoms with van der Waals surface area (Å²) in [4.78, 5) is 8.68. The summed E-state index contributed by atoms with van der Waals surface area (Å²) >= 11 is 0. The van der Waals surface area contributed by atoms with E-state index in [1.54, 1.807) is 0 Å². The number of hydrogen-bond donors (Lipinski definition) is 4. The van der Waals surface area contributed by atoms with Crippen LogP contribution in [0.1, 0.15) is 50.7 Å². The van der Waals surface area contributed by atoms with Crippen LogP contribution in [0.3, 0.4) is 0 Å². The molecule has 0 bridgehead atoms. The summed E-state index contributed by atoms with van der Waals surface area (Å²) in [6.07, 6.45) is 4.48. The molecule has 1 rings (SSSR count). The smallest absolute Gasteiger partial charge is 0.188 e. The molecule has 0 spiro atoms. The van der Waals surface area contributed by atoms with Gasteiger partial charge in [-0.05, 0) is 24.0 Å². The number of rotatable bonds is 10. The largest absolute Gasteiger partial charge is 0.370 e. The average Bonchev–Trinajstić information content (AvgIpc) is 2.59. The Morgan fingerprint density at radius 1 is 0.792 bits per heavy atom. The topological polar surface area (TPSA) is 101 Å². The van der Waals surface area contributed by atoms with Gasteiger partial charge in [0.2, 0.25) is 0 Å². The van der Waals surface area contributed by atoms with Crippen LogP contribution >= 0.6 is 0 Å². The third kappa shape index (κ3) is 9.02. The van der Waals surface area contributed by atoms with Crippen molar-refractivity contribution in [1.29, 1.82) is 0 Å². The predicted octanol–water partition coefficient (Wildman–Crippen LogP) is 2.10. The van der Waals surface area contributed by atoms with Crippen molar-refractivity contribution in [2.75, 3.05) is 13.1 Å². The number of nitrogens with one attached hydrogen (secondary N) is 2. The normalized spacial score (nSPS) is 12.2. The Morgan fingerprint density at radius 3 is 1.50 bits per heavy atom. The van der Waals surface area contributed by atoms with Gasteiger partial charge in [-0.1, -0.05) is 51.0 Å². The highest BCUT2D eigenvalue weighted by Gasteiger charge is 1.96. The van der Waals surface area contributed by atoms with Crippen LogP contribution in [0, 0.1) is 0 Å². The molecule has 0 fully saturated rings. The number of unbranched alkanes of at least 4 members (excludes halogenated alkanes) is 2. The second-order valence-electron chi connectivity index (χ2n) is 5.78. The zero-order chi connectivity index (χ0) is 17.6. The van der Waals surface area contributed by atoms with E-state index in [9.17, 15) is 0 Å². The lowest BCUT2D eigenvalue weighted by atomic mass is 10.1. The summed E-state index contributed by atoms with van der Waals surface area (Å²) in [6.45, 7) is 7.20. The highest BCUT2D eigenvalue weighted by molar-refractivity contribution is 5.78. The summed E-state index contributed by atoms with van der Waals surface area (Å²) in [6, 6.07) is 8.20. The fourth-order valence-electron chi connectivity index (χ4n) is 2.00. The minimum Gasteiger partial charge on any atom is -0.370 e. The maximum absolute atomic E-state index is 5.82. The second kappa shape index (κ2) is 12.2. The molecule has 0 atom stereocenters. The van der Waals surface area contributed by atoms with Crippen molar-refractivity contribution in [1.82, 2.24) is 10.6 Å². The van der Waals surface area contributed by atoms with Crippen LogP contribution in [0.2, 0.25) is 0 Å². The van der Waals surface area contributed by atoms with E-state index < -0.39 is 0 Å². The third-order valence-electron chi connectivity index (χ3n) is 3.56. The highest BCUT2D eigenvalue weighted by atomic mass is 15.1.